The lowest BCUT2D eigenvalue weighted by Gasteiger charge is -2.28. The van der Waals surface area contributed by atoms with E-state index in [0.29, 0.717) is 25.8 Å². The number of nitrogens with one attached hydrogen (secondary N) is 3. The van der Waals surface area contributed by atoms with Gasteiger partial charge in [-0.2, -0.15) is 0 Å². The van der Waals surface area contributed by atoms with Gasteiger partial charge in [0, 0.05) is 6.42 Å². The van der Waals surface area contributed by atoms with Gasteiger partial charge in [-0.15, -0.1) is 0 Å². The van der Waals surface area contributed by atoms with Gasteiger partial charge in [0.2, 0.25) is 29.5 Å². The van der Waals surface area contributed by atoms with Gasteiger partial charge in [-0.1, -0.05) is 20.3 Å². The highest BCUT2D eigenvalue weighted by atomic mass is 16.4. The van der Waals surface area contributed by atoms with Gasteiger partial charge in [0.1, 0.15) is 18.1 Å². The molecule has 0 saturated carbocycles. The van der Waals surface area contributed by atoms with Crippen LogP contribution in [0.2, 0.25) is 0 Å². The molecular formula is C21H39N7O7. The Balaban J connectivity index is 5.57. The number of carboxylic acids is 1. The molecule has 0 aromatic heterocycles. The lowest BCUT2D eigenvalue weighted by atomic mass is 9.96. The smallest absolute Gasteiger partial charge is 0.326 e. The summed E-state index contributed by atoms with van der Waals surface area (Å²) in [6, 6.07) is -4.86. The van der Waals surface area contributed by atoms with E-state index in [0.717, 1.165) is 0 Å². The molecule has 0 heterocycles. The number of rotatable bonds is 18. The van der Waals surface area contributed by atoms with Gasteiger partial charge in [-0.05, 0) is 38.1 Å². The van der Waals surface area contributed by atoms with Gasteiger partial charge in [0.05, 0.1) is 12.5 Å². The van der Waals surface area contributed by atoms with Gasteiger partial charge >= 0.3 is 5.97 Å². The Morgan fingerprint density at radius 2 is 1.43 bits per heavy atom. The van der Waals surface area contributed by atoms with Crippen molar-refractivity contribution in [3.63, 3.8) is 0 Å². The van der Waals surface area contributed by atoms with Crippen molar-refractivity contribution in [3.05, 3.63) is 0 Å². The molecular weight excluding hydrogens is 462 g/mol. The molecule has 0 rings (SSSR count). The van der Waals surface area contributed by atoms with Crippen LogP contribution in [-0.2, 0) is 28.8 Å². The van der Waals surface area contributed by atoms with Gasteiger partial charge in [-0.3, -0.25) is 24.0 Å². The summed E-state index contributed by atoms with van der Waals surface area (Å²) in [5.41, 5.74) is 21.3. The minimum Gasteiger partial charge on any atom is -0.480 e. The Labute approximate surface area is 204 Å². The van der Waals surface area contributed by atoms with Gasteiger partial charge < -0.3 is 44.0 Å². The first-order chi connectivity index (χ1) is 16.3. The monoisotopic (exact) mass is 501 g/mol. The second-order valence-electron chi connectivity index (χ2n) is 8.40. The third kappa shape index (κ3) is 12.7. The first-order valence-corrected chi connectivity index (χ1v) is 11.5. The first-order valence-electron chi connectivity index (χ1n) is 11.5. The SMILES string of the molecule is CCC(C)C(NC(=O)C(CCCCN)NC(=O)C(N)CC(N)=O)C(=O)NC(CCC(N)=O)C(=O)O. The molecule has 0 radical (unpaired) electrons. The fraction of sp³-hybridized carbons (Fsp3) is 0.714. The molecule has 14 heteroatoms. The molecule has 0 fully saturated rings. The Hall–Kier alpha value is -3.26. The number of primary amides is 2. The average molecular weight is 502 g/mol. The molecule has 5 amide bonds. The summed E-state index contributed by atoms with van der Waals surface area (Å²) >= 11 is 0. The summed E-state index contributed by atoms with van der Waals surface area (Å²) < 4.78 is 0. The van der Waals surface area contributed by atoms with Crippen LogP contribution in [0.15, 0.2) is 0 Å². The summed E-state index contributed by atoms with van der Waals surface area (Å²) in [4.78, 5) is 71.8. The third-order valence-electron chi connectivity index (χ3n) is 5.42. The number of unbranched alkanes of at least 4 members (excludes halogenated alkanes) is 1. The Bertz CT molecular complexity index is 762. The summed E-state index contributed by atoms with van der Waals surface area (Å²) in [5.74, 6) is -5.48. The van der Waals surface area contributed by atoms with Crippen LogP contribution in [0.25, 0.3) is 0 Å². The molecule has 0 aromatic carbocycles. The molecule has 0 aliphatic rings. The lowest BCUT2D eigenvalue weighted by molar-refractivity contribution is -0.143. The van der Waals surface area contributed by atoms with E-state index in [2.05, 4.69) is 16.0 Å². The maximum Gasteiger partial charge on any atom is 0.326 e. The van der Waals surface area contributed by atoms with Crippen LogP contribution >= 0.6 is 0 Å². The molecule has 14 nitrogen and oxygen atoms in total. The van der Waals surface area contributed by atoms with Gasteiger partial charge in [0.15, 0.2) is 0 Å². The summed E-state index contributed by atoms with van der Waals surface area (Å²) in [5, 5.41) is 16.7. The number of aliphatic carboxylic acids is 1. The number of carboxylic acid groups (broad SMARTS) is 1. The predicted molar refractivity (Wildman–Crippen MR) is 126 cm³/mol. The summed E-state index contributed by atoms with van der Waals surface area (Å²) in [6.45, 7) is 3.83. The molecule has 12 N–H and O–H groups in total. The Morgan fingerprint density at radius 3 is 1.91 bits per heavy atom. The van der Waals surface area contributed by atoms with E-state index in [1.807, 2.05) is 0 Å². The zero-order chi connectivity index (χ0) is 27.1. The molecule has 0 bridgehead atoms. The van der Waals surface area contributed by atoms with E-state index < -0.39 is 72.0 Å². The van der Waals surface area contributed by atoms with Crippen molar-refractivity contribution in [2.75, 3.05) is 6.54 Å². The highest BCUT2D eigenvalue weighted by Crippen LogP contribution is 2.11. The van der Waals surface area contributed by atoms with Crippen molar-refractivity contribution in [1.82, 2.24) is 16.0 Å². The van der Waals surface area contributed by atoms with Crippen molar-refractivity contribution >= 4 is 35.5 Å². The first kappa shape index (κ1) is 31.7. The van der Waals surface area contributed by atoms with E-state index >= 15 is 0 Å². The number of hydrogen-bond donors (Lipinski definition) is 8. The molecule has 200 valence electrons. The lowest BCUT2D eigenvalue weighted by Crippen LogP contribution is -2.58. The van der Waals surface area contributed by atoms with Crippen LogP contribution in [0.4, 0.5) is 0 Å². The van der Waals surface area contributed by atoms with Crippen LogP contribution in [-0.4, -0.2) is 71.3 Å². The van der Waals surface area contributed by atoms with Crippen LogP contribution < -0.4 is 38.9 Å². The second-order valence-corrected chi connectivity index (χ2v) is 8.40. The molecule has 0 aliphatic heterocycles. The maximum absolute atomic E-state index is 13.0. The normalized spacial score (nSPS) is 15.1. The van der Waals surface area contributed by atoms with Crippen LogP contribution in [0, 0.1) is 5.92 Å². The molecule has 5 atom stereocenters. The molecule has 0 saturated heterocycles. The predicted octanol–water partition coefficient (Wildman–Crippen LogP) is -2.83. The fourth-order valence-electron chi connectivity index (χ4n) is 3.11. The number of carbonyl (C=O) groups is 6. The molecule has 0 aromatic rings. The minimum absolute atomic E-state index is 0.184. The highest BCUT2D eigenvalue weighted by molar-refractivity contribution is 5.95. The number of amides is 5. The summed E-state index contributed by atoms with van der Waals surface area (Å²) in [7, 11) is 0. The van der Waals surface area contributed by atoms with Gasteiger partial charge in [-0.25, -0.2) is 4.79 Å². The fourth-order valence-corrected chi connectivity index (χ4v) is 3.11. The Kier molecular flexibility index (Phi) is 14.9. The molecule has 0 spiro atoms. The van der Waals surface area contributed by atoms with Crippen molar-refractivity contribution in [3.8, 4) is 0 Å². The van der Waals surface area contributed by atoms with Crippen LogP contribution in [0.3, 0.4) is 0 Å². The van der Waals surface area contributed by atoms with E-state index in [1.54, 1.807) is 13.8 Å². The van der Waals surface area contributed by atoms with E-state index in [4.69, 9.17) is 22.9 Å². The van der Waals surface area contributed by atoms with Crippen molar-refractivity contribution < 1.29 is 33.9 Å². The third-order valence-corrected chi connectivity index (χ3v) is 5.42. The van der Waals surface area contributed by atoms with E-state index in [1.165, 1.54) is 0 Å². The number of nitrogens with two attached hydrogens (primary N) is 4. The van der Waals surface area contributed by atoms with Crippen LogP contribution in [0.1, 0.15) is 58.8 Å². The zero-order valence-electron chi connectivity index (χ0n) is 20.2. The van der Waals surface area contributed by atoms with Crippen molar-refractivity contribution in [2.24, 2.45) is 28.9 Å². The second kappa shape index (κ2) is 16.4. The van der Waals surface area contributed by atoms with E-state index in [9.17, 15) is 33.9 Å². The Morgan fingerprint density at radius 1 is 0.829 bits per heavy atom. The number of hydrogen-bond acceptors (Lipinski definition) is 8. The standard InChI is InChI=1S/C21H39N7O7/c1-3-11(2)17(20(33)27-14(21(34)35)7-8-15(24)29)28-19(32)13(6-4-5-9-22)26-18(31)12(23)10-16(25)30/h11-14,17H,3-10,22-23H2,1-2H3,(H2,24,29)(H2,25,30)(H,26,31)(H,27,33)(H,28,32)(H,34,35). The molecule has 0 aliphatic carbocycles. The van der Waals surface area contributed by atoms with E-state index in [-0.39, 0.29) is 19.3 Å². The molecule has 35 heavy (non-hydrogen) atoms. The van der Waals surface area contributed by atoms with Crippen molar-refractivity contribution in [2.45, 2.75) is 83.0 Å². The summed E-state index contributed by atoms with van der Waals surface area (Å²) in [6.07, 6.45) is 0.819. The number of carbonyl (C=O) groups excluding carboxylic acids is 5. The topological polar surface area (TPSA) is 263 Å². The average Bonchev–Trinajstić information content (AvgIpc) is 2.77. The van der Waals surface area contributed by atoms with Crippen LogP contribution in [0.5, 0.6) is 0 Å². The van der Waals surface area contributed by atoms with Crippen molar-refractivity contribution in [1.29, 1.82) is 0 Å². The minimum atomic E-state index is -1.38. The highest BCUT2D eigenvalue weighted by Gasteiger charge is 2.32. The van der Waals surface area contributed by atoms with Gasteiger partial charge in [0.25, 0.3) is 0 Å². The quantitative estimate of drug-likeness (QED) is 0.0898. The maximum atomic E-state index is 13.0. The largest absolute Gasteiger partial charge is 0.480 e. The zero-order valence-corrected chi connectivity index (χ0v) is 20.2. The molecule has 5 unspecified atom stereocenters.